The summed E-state index contributed by atoms with van der Waals surface area (Å²) in [6, 6.07) is 0. The van der Waals surface area contributed by atoms with Gasteiger partial charge in [0.05, 0.1) is 7.11 Å². The maximum Gasteiger partial charge on any atom is 0.242 e. The molecule has 2 rings (SSSR count). The Morgan fingerprint density at radius 1 is 1.42 bits per heavy atom. The Labute approximate surface area is 114 Å². The lowest BCUT2D eigenvalue weighted by atomic mass is 10.1. The van der Waals surface area contributed by atoms with E-state index in [2.05, 4.69) is 27.1 Å². The van der Waals surface area contributed by atoms with Gasteiger partial charge in [-0.15, -0.1) is 0 Å². The molecule has 2 heterocycles. The van der Waals surface area contributed by atoms with E-state index in [1.807, 2.05) is 0 Å². The quantitative estimate of drug-likeness (QED) is 0.805. The zero-order valence-electron chi connectivity index (χ0n) is 11.7. The Morgan fingerprint density at radius 3 is 2.84 bits per heavy atom. The summed E-state index contributed by atoms with van der Waals surface area (Å²) in [6.45, 7) is 6.66. The fourth-order valence-electron chi connectivity index (χ4n) is 2.42. The van der Waals surface area contributed by atoms with Gasteiger partial charge in [0.1, 0.15) is 12.0 Å². The van der Waals surface area contributed by atoms with E-state index in [-0.39, 0.29) is 0 Å². The van der Waals surface area contributed by atoms with Crippen LogP contribution in [0, 0.1) is 5.92 Å². The van der Waals surface area contributed by atoms with E-state index < -0.39 is 0 Å². The Balaban J connectivity index is 1.84. The van der Waals surface area contributed by atoms with Gasteiger partial charge < -0.3 is 20.7 Å². The van der Waals surface area contributed by atoms with Gasteiger partial charge in [0.2, 0.25) is 5.88 Å². The summed E-state index contributed by atoms with van der Waals surface area (Å²) in [6.07, 6.45) is 4.12. The SMILES string of the molecule is COc1ncnc(NCC(C)CN2CCCC2)c1N. The summed E-state index contributed by atoms with van der Waals surface area (Å²) >= 11 is 0. The van der Waals surface area contributed by atoms with E-state index in [9.17, 15) is 0 Å². The van der Waals surface area contributed by atoms with Gasteiger partial charge in [-0.25, -0.2) is 4.98 Å². The zero-order chi connectivity index (χ0) is 13.7. The van der Waals surface area contributed by atoms with Gasteiger partial charge in [-0.05, 0) is 31.8 Å². The summed E-state index contributed by atoms with van der Waals surface area (Å²) in [5.41, 5.74) is 6.39. The Kier molecular flexibility index (Phi) is 4.79. The topological polar surface area (TPSA) is 76.3 Å². The van der Waals surface area contributed by atoms with E-state index in [1.165, 1.54) is 32.3 Å². The van der Waals surface area contributed by atoms with Crippen molar-refractivity contribution < 1.29 is 4.74 Å². The van der Waals surface area contributed by atoms with E-state index >= 15 is 0 Å². The average Bonchev–Trinajstić information content (AvgIpc) is 2.90. The highest BCUT2D eigenvalue weighted by Crippen LogP contribution is 2.24. The van der Waals surface area contributed by atoms with Crippen molar-refractivity contribution in [3.8, 4) is 5.88 Å². The van der Waals surface area contributed by atoms with Crippen molar-refractivity contribution in [2.75, 3.05) is 44.3 Å². The third kappa shape index (κ3) is 3.70. The Morgan fingerprint density at radius 2 is 2.16 bits per heavy atom. The fraction of sp³-hybridized carbons (Fsp3) is 0.692. The highest BCUT2D eigenvalue weighted by Gasteiger charge is 2.15. The number of likely N-dealkylation sites (tertiary alicyclic amines) is 1. The van der Waals surface area contributed by atoms with Crippen molar-refractivity contribution in [2.24, 2.45) is 5.92 Å². The van der Waals surface area contributed by atoms with Gasteiger partial charge >= 0.3 is 0 Å². The fourth-order valence-corrected chi connectivity index (χ4v) is 2.42. The summed E-state index contributed by atoms with van der Waals surface area (Å²) < 4.78 is 5.08. The molecule has 1 unspecified atom stereocenters. The zero-order valence-corrected chi connectivity index (χ0v) is 11.7. The minimum Gasteiger partial charge on any atom is -0.479 e. The summed E-state index contributed by atoms with van der Waals surface area (Å²) in [7, 11) is 1.55. The Hall–Kier alpha value is -1.56. The molecule has 1 fully saturated rings. The molecule has 106 valence electrons. The number of nitrogen functional groups attached to an aromatic ring is 1. The number of hydrogen-bond acceptors (Lipinski definition) is 6. The molecule has 1 atom stereocenters. The normalized spacial score (nSPS) is 17.4. The molecule has 1 saturated heterocycles. The van der Waals surface area contributed by atoms with Crippen molar-refractivity contribution in [1.82, 2.24) is 14.9 Å². The van der Waals surface area contributed by atoms with Crippen molar-refractivity contribution in [3.05, 3.63) is 6.33 Å². The van der Waals surface area contributed by atoms with Gasteiger partial charge in [0.15, 0.2) is 5.82 Å². The number of methoxy groups -OCH3 is 1. The first-order chi connectivity index (χ1) is 9.20. The molecule has 1 aliphatic rings. The third-order valence-corrected chi connectivity index (χ3v) is 3.43. The predicted octanol–water partition coefficient (Wildman–Crippen LogP) is 1.21. The van der Waals surface area contributed by atoms with Gasteiger partial charge in [-0.3, -0.25) is 0 Å². The maximum absolute atomic E-state index is 5.92. The van der Waals surface area contributed by atoms with Gasteiger partial charge in [0, 0.05) is 13.1 Å². The molecule has 0 aliphatic carbocycles. The van der Waals surface area contributed by atoms with Crippen LogP contribution in [0.3, 0.4) is 0 Å². The van der Waals surface area contributed by atoms with E-state index in [0.29, 0.717) is 23.3 Å². The number of nitrogens with zero attached hydrogens (tertiary/aromatic N) is 3. The lowest BCUT2D eigenvalue weighted by Crippen LogP contribution is -2.29. The molecule has 1 aromatic rings. The van der Waals surface area contributed by atoms with Crippen LogP contribution in [-0.2, 0) is 0 Å². The predicted molar refractivity (Wildman–Crippen MR) is 76.3 cm³/mol. The van der Waals surface area contributed by atoms with Crippen LogP contribution < -0.4 is 15.8 Å². The molecule has 0 spiro atoms. The van der Waals surface area contributed by atoms with E-state index in [1.54, 1.807) is 7.11 Å². The highest BCUT2D eigenvalue weighted by atomic mass is 16.5. The second-order valence-corrected chi connectivity index (χ2v) is 5.14. The molecule has 0 bridgehead atoms. The van der Waals surface area contributed by atoms with Crippen LogP contribution in [-0.4, -0.2) is 48.2 Å². The van der Waals surface area contributed by atoms with Crippen molar-refractivity contribution in [3.63, 3.8) is 0 Å². The highest BCUT2D eigenvalue weighted by molar-refractivity contribution is 5.66. The summed E-state index contributed by atoms with van der Waals surface area (Å²) in [5, 5.41) is 3.28. The molecule has 0 amide bonds. The molecule has 3 N–H and O–H groups in total. The lowest BCUT2D eigenvalue weighted by Gasteiger charge is -2.21. The molecule has 19 heavy (non-hydrogen) atoms. The minimum absolute atomic E-state index is 0.421. The first kappa shape index (κ1) is 13.9. The van der Waals surface area contributed by atoms with Crippen LogP contribution in [0.4, 0.5) is 11.5 Å². The van der Waals surface area contributed by atoms with Crippen molar-refractivity contribution >= 4 is 11.5 Å². The van der Waals surface area contributed by atoms with Gasteiger partial charge in [-0.1, -0.05) is 6.92 Å². The smallest absolute Gasteiger partial charge is 0.242 e. The number of aromatic nitrogens is 2. The molecule has 0 radical (unpaired) electrons. The van der Waals surface area contributed by atoms with E-state index in [4.69, 9.17) is 10.5 Å². The molecular formula is C13H23N5O. The van der Waals surface area contributed by atoms with Crippen molar-refractivity contribution in [1.29, 1.82) is 0 Å². The van der Waals surface area contributed by atoms with Crippen molar-refractivity contribution in [2.45, 2.75) is 19.8 Å². The largest absolute Gasteiger partial charge is 0.479 e. The molecular weight excluding hydrogens is 242 g/mol. The Bertz CT molecular complexity index is 406. The maximum atomic E-state index is 5.92. The average molecular weight is 265 g/mol. The monoisotopic (exact) mass is 265 g/mol. The first-order valence-electron chi connectivity index (χ1n) is 6.81. The van der Waals surface area contributed by atoms with E-state index in [0.717, 1.165) is 13.1 Å². The first-order valence-corrected chi connectivity index (χ1v) is 6.81. The number of ether oxygens (including phenoxy) is 1. The molecule has 1 aliphatic heterocycles. The second kappa shape index (κ2) is 6.56. The molecule has 0 aromatic carbocycles. The second-order valence-electron chi connectivity index (χ2n) is 5.14. The van der Waals surface area contributed by atoms with Crippen LogP contribution >= 0.6 is 0 Å². The molecule has 1 aromatic heterocycles. The number of hydrogen-bond donors (Lipinski definition) is 2. The van der Waals surface area contributed by atoms with Crippen LogP contribution in [0.15, 0.2) is 6.33 Å². The number of rotatable bonds is 6. The summed E-state index contributed by atoms with van der Waals surface area (Å²) in [5.74, 6) is 1.63. The number of nitrogens with two attached hydrogens (primary N) is 1. The van der Waals surface area contributed by atoms with Crippen LogP contribution in [0.5, 0.6) is 5.88 Å². The molecule has 6 nitrogen and oxygen atoms in total. The van der Waals surface area contributed by atoms with Crippen LogP contribution in [0.2, 0.25) is 0 Å². The third-order valence-electron chi connectivity index (χ3n) is 3.43. The standard InChI is InChI=1S/C13H23N5O/c1-10(8-18-5-3-4-6-18)7-15-12-11(14)13(19-2)17-9-16-12/h9-10H,3-8,14H2,1-2H3,(H,15,16,17). The number of anilines is 2. The lowest BCUT2D eigenvalue weighted by molar-refractivity contribution is 0.294. The minimum atomic E-state index is 0.421. The molecule has 6 heteroatoms. The van der Waals surface area contributed by atoms with Crippen LogP contribution in [0.25, 0.3) is 0 Å². The van der Waals surface area contributed by atoms with Crippen LogP contribution in [0.1, 0.15) is 19.8 Å². The molecule has 0 saturated carbocycles. The number of nitrogens with one attached hydrogen (secondary N) is 1. The summed E-state index contributed by atoms with van der Waals surface area (Å²) in [4.78, 5) is 10.6. The van der Waals surface area contributed by atoms with Gasteiger partial charge in [0.25, 0.3) is 0 Å². The van der Waals surface area contributed by atoms with Gasteiger partial charge in [-0.2, -0.15) is 4.98 Å².